The van der Waals surface area contributed by atoms with Crippen LogP contribution >= 0.6 is 11.8 Å². The summed E-state index contributed by atoms with van der Waals surface area (Å²) in [6.45, 7) is 3.60. The van der Waals surface area contributed by atoms with Crippen molar-refractivity contribution in [2.75, 3.05) is 6.61 Å². The summed E-state index contributed by atoms with van der Waals surface area (Å²) in [5, 5.41) is 3.28. The van der Waals surface area contributed by atoms with Crippen LogP contribution in [0, 0.1) is 0 Å². The van der Waals surface area contributed by atoms with Gasteiger partial charge in [0, 0.05) is 6.92 Å². The van der Waals surface area contributed by atoms with Crippen molar-refractivity contribution in [2.24, 2.45) is 4.99 Å². The van der Waals surface area contributed by atoms with Crippen molar-refractivity contribution in [1.82, 2.24) is 5.32 Å². The molecule has 0 radical (unpaired) electrons. The van der Waals surface area contributed by atoms with Crippen LogP contribution in [0.5, 0.6) is 11.5 Å². The fourth-order valence-corrected chi connectivity index (χ4v) is 3.22. The summed E-state index contributed by atoms with van der Waals surface area (Å²) in [6.07, 6.45) is 1.74. The Morgan fingerprint density at radius 1 is 1.19 bits per heavy atom. The van der Waals surface area contributed by atoms with Crippen molar-refractivity contribution in [3.63, 3.8) is 0 Å². The molecule has 6 nitrogen and oxygen atoms in total. The fourth-order valence-electron chi connectivity index (χ4n) is 2.37. The molecule has 1 N–H and O–H groups in total. The predicted octanol–water partition coefficient (Wildman–Crippen LogP) is 3.90. The topological polar surface area (TPSA) is 77.0 Å². The Labute approximate surface area is 161 Å². The molecule has 2 aromatic carbocycles. The molecule has 1 heterocycles. The van der Waals surface area contributed by atoms with Crippen LogP contribution in [0.1, 0.15) is 19.4 Å². The van der Waals surface area contributed by atoms with Crippen LogP contribution < -0.4 is 14.8 Å². The summed E-state index contributed by atoms with van der Waals surface area (Å²) >= 11 is 1.27. The number of carbonyl (C=O) groups is 2. The van der Waals surface area contributed by atoms with E-state index in [0.29, 0.717) is 28.2 Å². The van der Waals surface area contributed by atoms with Crippen LogP contribution in [0.4, 0.5) is 5.69 Å². The van der Waals surface area contributed by atoms with Gasteiger partial charge in [0.15, 0.2) is 16.7 Å². The maximum Gasteiger partial charge on any atom is 0.308 e. The Morgan fingerprint density at radius 2 is 1.96 bits per heavy atom. The molecule has 2 aromatic rings. The quantitative estimate of drug-likeness (QED) is 0.482. The smallest absolute Gasteiger partial charge is 0.308 e. The molecule has 1 aliphatic rings. The number of nitrogens with one attached hydrogen (secondary N) is 1. The lowest BCUT2D eigenvalue weighted by atomic mass is 10.2. The number of rotatable bonds is 5. The second-order valence-electron chi connectivity index (χ2n) is 5.55. The summed E-state index contributed by atoms with van der Waals surface area (Å²) < 4.78 is 10.7. The second-order valence-corrected chi connectivity index (χ2v) is 6.58. The normalized spacial score (nSPS) is 16.4. The first-order valence-corrected chi connectivity index (χ1v) is 9.16. The van der Waals surface area contributed by atoms with Gasteiger partial charge in [0.1, 0.15) is 0 Å². The van der Waals surface area contributed by atoms with Gasteiger partial charge in [-0.3, -0.25) is 9.59 Å². The molecule has 3 rings (SSSR count). The molecule has 0 aromatic heterocycles. The SMILES string of the molecule is CCOc1cc(/C=C2\SC(=Nc3ccccc3)NC2=O)ccc1OC(C)=O. The van der Waals surface area contributed by atoms with Gasteiger partial charge in [-0.1, -0.05) is 24.3 Å². The highest BCUT2D eigenvalue weighted by atomic mass is 32.2. The van der Waals surface area contributed by atoms with Gasteiger partial charge >= 0.3 is 5.97 Å². The number of benzene rings is 2. The van der Waals surface area contributed by atoms with Crippen molar-refractivity contribution >= 4 is 40.6 Å². The van der Waals surface area contributed by atoms with E-state index in [0.717, 1.165) is 11.3 Å². The first-order valence-electron chi connectivity index (χ1n) is 8.35. The average molecular weight is 382 g/mol. The number of esters is 1. The molecule has 0 atom stereocenters. The van der Waals surface area contributed by atoms with E-state index in [1.807, 2.05) is 37.3 Å². The van der Waals surface area contributed by atoms with E-state index in [1.165, 1.54) is 18.7 Å². The lowest BCUT2D eigenvalue weighted by Crippen LogP contribution is -2.19. The number of amidine groups is 1. The van der Waals surface area contributed by atoms with Crippen molar-refractivity contribution in [3.05, 3.63) is 59.0 Å². The highest BCUT2D eigenvalue weighted by Gasteiger charge is 2.24. The molecule has 1 amide bonds. The third-order valence-corrected chi connectivity index (χ3v) is 4.37. The Balaban J connectivity index is 1.83. The van der Waals surface area contributed by atoms with E-state index in [2.05, 4.69) is 10.3 Å². The Hall–Kier alpha value is -3.06. The van der Waals surface area contributed by atoms with Gasteiger partial charge in [0.25, 0.3) is 5.91 Å². The number of carbonyl (C=O) groups excluding carboxylic acids is 2. The monoisotopic (exact) mass is 382 g/mol. The summed E-state index contributed by atoms with van der Waals surface area (Å²) in [4.78, 5) is 28.4. The second kappa shape index (κ2) is 8.55. The molecular weight excluding hydrogens is 364 g/mol. The highest BCUT2D eigenvalue weighted by Crippen LogP contribution is 2.32. The zero-order chi connectivity index (χ0) is 19.2. The van der Waals surface area contributed by atoms with Gasteiger partial charge in [-0.25, -0.2) is 4.99 Å². The van der Waals surface area contributed by atoms with E-state index in [1.54, 1.807) is 24.3 Å². The molecule has 7 heteroatoms. The van der Waals surface area contributed by atoms with E-state index in [9.17, 15) is 9.59 Å². The maximum absolute atomic E-state index is 12.2. The first kappa shape index (κ1) is 18.7. The first-order chi connectivity index (χ1) is 13.0. The lowest BCUT2D eigenvalue weighted by Gasteiger charge is -2.10. The van der Waals surface area contributed by atoms with Crippen molar-refractivity contribution < 1.29 is 19.1 Å². The Kier molecular flexibility index (Phi) is 5.93. The minimum atomic E-state index is -0.422. The largest absolute Gasteiger partial charge is 0.490 e. The zero-order valence-electron chi connectivity index (χ0n) is 14.9. The zero-order valence-corrected chi connectivity index (χ0v) is 15.7. The molecule has 0 saturated carbocycles. The number of ether oxygens (including phenoxy) is 2. The van der Waals surface area contributed by atoms with E-state index in [-0.39, 0.29) is 5.91 Å². The van der Waals surface area contributed by atoms with Gasteiger partial charge in [-0.05, 0) is 54.6 Å². The summed E-state index contributed by atoms with van der Waals surface area (Å²) in [5.74, 6) is 0.163. The van der Waals surface area contributed by atoms with Gasteiger partial charge in [-0.15, -0.1) is 0 Å². The lowest BCUT2D eigenvalue weighted by molar-refractivity contribution is -0.132. The summed E-state index contributed by atoms with van der Waals surface area (Å²) in [6, 6.07) is 14.5. The van der Waals surface area contributed by atoms with Crippen molar-refractivity contribution in [3.8, 4) is 11.5 Å². The number of para-hydroxylation sites is 1. The molecule has 1 saturated heterocycles. The molecular formula is C20H18N2O4S. The van der Waals surface area contributed by atoms with Crippen LogP contribution in [0.3, 0.4) is 0 Å². The van der Waals surface area contributed by atoms with Gasteiger partial charge in [-0.2, -0.15) is 0 Å². The molecule has 1 aliphatic heterocycles. The third kappa shape index (κ3) is 4.98. The Morgan fingerprint density at radius 3 is 2.67 bits per heavy atom. The predicted molar refractivity (Wildman–Crippen MR) is 106 cm³/mol. The standard InChI is InChI=1S/C20H18N2O4S/c1-3-25-17-11-14(9-10-16(17)26-13(2)23)12-18-19(24)22-20(27-18)21-15-7-5-4-6-8-15/h4-12H,3H2,1-2H3,(H,21,22,24)/b18-12-. The number of aliphatic imine (C=N–C) groups is 1. The Bertz CT molecular complexity index is 923. The molecule has 138 valence electrons. The van der Waals surface area contributed by atoms with Crippen LogP contribution in [-0.2, 0) is 9.59 Å². The number of hydrogen-bond donors (Lipinski definition) is 1. The molecule has 0 bridgehead atoms. The molecule has 0 spiro atoms. The third-order valence-electron chi connectivity index (χ3n) is 3.46. The van der Waals surface area contributed by atoms with Crippen LogP contribution in [-0.4, -0.2) is 23.7 Å². The van der Waals surface area contributed by atoms with Crippen molar-refractivity contribution in [1.29, 1.82) is 0 Å². The number of nitrogens with zero attached hydrogens (tertiary/aromatic N) is 1. The van der Waals surface area contributed by atoms with Gasteiger partial charge in [0.2, 0.25) is 0 Å². The average Bonchev–Trinajstić information content (AvgIpc) is 2.97. The fraction of sp³-hybridized carbons (Fsp3) is 0.150. The molecule has 0 aliphatic carbocycles. The van der Waals surface area contributed by atoms with Crippen molar-refractivity contribution in [2.45, 2.75) is 13.8 Å². The maximum atomic E-state index is 12.2. The van der Waals surface area contributed by atoms with Crippen LogP contribution in [0.2, 0.25) is 0 Å². The van der Waals surface area contributed by atoms with Gasteiger partial charge in [0.05, 0.1) is 17.2 Å². The van der Waals surface area contributed by atoms with Crippen LogP contribution in [0.25, 0.3) is 6.08 Å². The minimum Gasteiger partial charge on any atom is -0.490 e. The number of amides is 1. The van der Waals surface area contributed by atoms with E-state index < -0.39 is 5.97 Å². The van der Waals surface area contributed by atoms with Gasteiger partial charge < -0.3 is 14.8 Å². The summed E-state index contributed by atoms with van der Waals surface area (Å²) in [7, 11) is 0. The summed E-state index contributed by atoms with van der Waals surface area (Å²) in [5.41, 5.74) is 1.53. The van der Waals surface area contributed by atoms with Crippen LogP contribution in [0.15, 0.2) is 58.4 Å². The number of thioether (sulfide) groups is 1. The molecule has 27 heavy (non-hydrogen) atoms. The van der Waals surface area contributed by atoms with E-state index >= 15 is 0 Å². The molecule has 0 unspecified atom stereocenters. The highest BCUT2D eigenvalue weighted by molar-refractivity contribution is 8.18. The number of hydrogen-bond acceptors (Lipinski definition) is 6. The molecule has 1 fully saturated rings. The minimum absolute atomic E-state index is 0.211. The van der Waals surface area contributed by atoms with E-state index in [4.69, 9.17) is 9.47 Å².